The lowest BCUT2D eigenvalue weighted by Gasteiger charge is -2.07. The molecule has 0 aliphatic carbocycles. The molecule has 1 N–H and O–H groups in total. The molecule has 0 aromatic carbocycles. The first-order valence-corrected chi connectivity index (χ1v) is 5.26. The first kappa shape index (κ1) is 14.2. The first-order chi connectivity index (χ1) is 7.79. The van der Waals surface area contributed by atoms with Gasteiger partial charge in [0.15, 0.2) is 0 Å². The largest absolute Gasteiger partial charge is 0.385 e. The van der Waals surface area contributed by atoms with Crippen LogP contribution in [0.15, 0.2) is 62.0 Å². The Balaban J connectivity index is 0.000000244. The number of aryl methyl sites for hydroxylation is 1. The van der Waals surface area contributed by atoms with Crippen molar-refractivity contribution in [1.82, 2.24) is 10.3 Å². The van der Waals surface area contributed by atoms with Crippen LogP contribution in [0.3, 0.4) is 0 Å². The van der Waals surface area contributed by atoms with E-state index in [0.29, 0.717) is 0 Å². The second-order valence-corrected chi connectivity index (χ2v) is 3.11. The minimum atomic E-state index is 1.03. The van der Waals surface area contributed by atoms with Crippen molar-refractivity contribution in [2.45, 2.75) is 13.3 Å². The van der Waals surface area contributed by atoms with Gasteiger partial charge in [-0.05, 0) is 31.6 Å². The molecule has 0 saturated carbocycles. The number of hydrogen-bond acceptors (Lipinski definition) is 2. The highest BCUT2D eigenvalue weighted by Gasteiger charge is 1.89. The smallest absolute Gasteiger partial charge is 0.0372 e. The Bertz CT molecular complexity index is 315. The summed E-state index contributed by atoms with van der Waals surface area (Å²) < 4.78 is 0. The lowest BCUT2D eigenvalue weighted by Crippen LogP contribution is -2.14. The molecule has 1 aliphatic rings. The normalized spacial score (nSPS) is 12.4. The van der Waals surface area contributed by atoms with Gasteiger partial charge in [-0.3, -0.25) is 4.98 Å². The summed E-state index contributed by atoms with van der Waals surface area (Å²) in [6.45, 7) is 12.7. The van der Waals surface area contributed by atoms with Gasteiger partial charge in [-0.25, -0.2) is 0 Å². The van der Waals surface area contributed by atoms with Crippen molar-refractivity contribution in [1.29, 1.82) is 0 Å². The van der Waals surface area contributed by atoms with Gasteiger partial charge in [0.25, 0.3) is 0 Å². The van der Waals surface area contributed by atoms with Crippen LogP contribution in [-0.2, 0) is 0 Å². The van der Waals surface area contributed by atoms with E-state index in [0.717, 1.165) is 24.4 Å². The van der Waals surface area contributed by atoms with Crippen molar-refractivity contribution in [2.75, 3.05) is 6.54 Å². The highest BCUT2D eigenvalue weighted by molar-refractivity contribution is 5.15. The first-order valence-electron chi connectivity index (χ1n) is 5.26. The molecule has 0 radical (unpaired) electrons. The Kier molecular flexibility index (Phi) is 8.60. The maximum Gasteiger partial charge on any atom is 0.0372 e. The fourth-order valence-electron chi connectivity index (χ4n) is 1.05. The Morgan fingerprint density at radius 1 is 1.31 bits per heavy atom. The summed E-state index contributed by atoms with van der Waals surface area (Å²) in [5.74, 6) is 0. The molecule has 0 amide bonds. The van der Waals surface area contributed by atoms with E-state index in [1.165, 1.54) is 0 Å². The van der Waals surface area contributed by atoms with Gasteiger partial charge in [0.2, 0.25) is 0 Å². The van der Waals surface area contributed by atoms with Crippen LogP contribution < -0.4 is 5.32 Å². The number of pyridine rings is 1. The third-order valence-electron chi connectivity index (χ3n) is 1.79. The van der Waals surface area contributed by atoms with Crippen molar-refractivity contribution in [3.63, 3.8) is 0 Å². The fraction of sp³-hybridized carbons (Fsp3) is 0.214. The molecule has 1 aromatic heterocycles. The molecule has 0 bridgehead atoms. The van der Waals surface area contributed by atoms with Crippen molar-refractivity contribution in [3.05, 3.63) is 67.7 Å². The van der Waals surface area contributed by atoms with E-state index >= 15 is 0 Å². The SMILES string of the molecule is C=C.C=C1C=CCCN1.Cc1ccccn1. The zero-order chi connectivity index (χ0) is 12.2. The highest BCUT2D eigenvalue weighted by Crippen LogP contribution is 1.95. The van der Waals surface area contributed by atoms with E-state index in [-0.39, 0.29) is 0 Å². The second kappa shape index (κ2) is 9.71. The van der Waals surface area contributed by atoms with Crippen LogP contribution in [0, 0.1) is 6.92 Å². The molecule has 0 fully saturated rings. The number of aromatic nitrogens is 1. The average molecular weight is 216 g/mol. The number of hydrogen-bond donors (Lipinski definition) is 1. The van der Waals surface area contributed by atoms with E-state index in [1.54, 1.807) is 6.20 Å². The van der Waals surface area contributed by atoms with Gasteiger partial charge in [0, 0.05) is 24.1 Å². The standard InChI is InChI=1S/C6H9N.C6H7N.C2H4/c2*1-6-4-2-3-5-7-6;1-2/h2,4,7H,1,3,5H2;2-5H,1H3;1-2H2. The van der Waals surface area contributed by atoms with Gasteiger partial charge in [-0.1, -0.05) is 18.7 Å². The van der Waals surface area contributed by atoms with Crippen LogP contribution in [-0.4, -0.2) is 11.5 Å². The van der Waals surface area contributed by atoms with Crippen LogP contribution in [0.4, 0.5) is 0 Å². The summed E-state index contributed by atoms with van der Waals surface area (Å²) in [5, 5.41) is 3.10. The molecular formula is C14H20N2. The average Bonchev–Trinajstić information content (AvgIpc) is 2.34. The molecule has 0 spiro atoms. The zero-order valence-corrected chi connectivity index (χ0v) is 9.95. The predicted molar refractivity (Wildman–Crippen MR) is 71.1 cm³/mol. The van der Waals surface area contributed by atoms with Crippen LogP contribution >= 0.6 is 0 Å². The van der Waals surface area contributed by atoms with Crippen LogP contribution in [0.25, 0.3) is 0 Å². The molecule has 2 nitrogen and oxygen atoms in total. The minimum absolute atomic E-state index is 1.03. The maximum absolute atomic E-state index is 3.98. The summed E-state index contributed by atoms with van der Waals surface area (Å²) in [4.78, 5) is 3.98. The predicted octanol–water partition coefficient (Wildman–Crippen LogP) is 3.24. The van der Waals surface area contributed by atoms with Crippen LogP contribution in [0.2, 0.25) is 0 Å². The molecular weight excluding hydrogens is 196 g/mol. The highest BCUT2D eigenvalue weighted by atomic mass is 14.9. The third kappa shape index (κ3) is 7.56. The number of rotatable bonds is 0. The zero-order valence-electron chi connectivity index (χ0n) is 9.95. The van der Waals surface area contributed by atoms with Crippen molar-refractivity contribution < 1.29 is 0 Å². The van der Waals surface area contributed by atoms with E-state index in [9.17, 15) is 0 Å². The number of allylic oxidation sites excluding steroid dienone is 1. The second-order valence-electron chi connectivity index (χ2n) is 3.11. The van der Waals surface area contributed by atoms with Gasteiger partial charge in [0.05, 0.1) is 0 Å². The Morgan fingerprint density at radius 2 is 2.06 bits per heavy atom. The lowest BCUT2D eigenvalue weighted by atomic mass is 10.3. The Labute approximate surface area is 98.4 Å². The van der Waals surface area contributed by atoms with E-state index < -0.39 is 0 Å². The Hall–Kier alpha value is -1.83. The Morgan fingerprint density at radius 3 is 2.31 bits per heavy atom. The molecule has 0 saturated heterocycles. The topological polar surface area (TPSA) is 24.9 Å². The monoisotopic (exact) mass is 216 g/mol. The van der Waals surface area contributed by atoms with Gasteiger partial charge in [-0.2, -0.15) is 0 Å². The summed E-state index contributed by atoms with van der Waals surface area (Å²) in [7, 11) is 0. The van der Waals surface area contributed by atoms with Gasteiger partial charge in [-0.15, -0.1) is 13.2 Å². The van der Waals surface area contributed by atoms with E-state index in [4.69, 9.17) is 0 Å². The molecule has 1 aliphatic heterocycles. The lowest BCUT2D eigenvalue weighted by molar-refractivity contribution is 0.799. The van der Waals surface area contributed by atoms with Crippen LogP contribution in [0.1, 0.15) is 12.1 Å². The van der Waals surface area contributed by atoms with Crippen LogP contribution in [0.5, 0.6) is 0 Å². The number of nitrogens with zero attached hydrogens (tertiary/aromatic N) is 1. The molecule has 2 heteroatoms. The minimum Gasteiger partial charge on any atom is -0.385 e. The van der Waals surface area contributed by atoms with Gasteiger partial charge in [0.1, 0.15) is 0 Å². The summed E-state index contributed by atoms with van der Waals surface area (Å²) >= 11 is 0. The molecule has 0 atom stereocenters. The molecule has 0 unspecified atom stereocenters. The molecule has 86 valence electrons. The summed E-state index contributed by atoms with van der Waals surface area (Å²) in [6.07, 6.45) is 7.05. The number of nitrogens with one attached hydrogen (secondary N) is 1. The van der Waals surface area contributed by atoms with Gasteiger partial charge >= 0.3 is 0 Å². The summed E-state index contributed by atoms with van der Waals surface area (Å²) in [5.41, 5.74) is 2.11. The van der Waals surface area contributed by atoms with Gasteiger partial charge < -0.3 is 5.32 Å². The molecule has 16 heavy (non-hydrogen) atoms. The quantitative estimate of drug-likeness (QED) is 0.673. The van der Waals surface area contributed by atoms with E-state index in [1.807, 2.05) is 31.2 Å². The van der Waals surface area contributed by atoms with Crippen molar-refractivity contribution >= 4 is 0 Å². The molecule has 2 heterocycles. The molecule has 1 aromatic rings. The summed E-state index contributed by atoms with van der Waals surface area (Å²) in [6, 6.07) is 5.86. The van der Waals surface area contributed by atoms with Crippen molar-refractivity contribution in [3.8, 4) is 0 Å². The van der Waals surface area contributed by atoms with E-state index in [2.05, 4.69) is 36.1 Å². The maximum atomic E-state index is 3.98. The molecule has 2 rings (SSSR count). The fourth-order valence-corrected chi connectivity index (χ4v) is 1.05. The third-order valence-corrected chi connectivity index (χ3v) is 1.79. The van der Waals surface area contributed by atoms with Crippen molar-refractivity contribution in [2.24, 2.45) is 0 Å².